The minimum Gasteiger partial charge on any atom is -0.507 e. The molecule has 0 spiro atoms. The molecule has 0 saturated carbocycles. The number of rotatable bonds is 4. The molecule has 1 aliphatic rings. The molecule has 1 saturated heterocycles. The molecule has 1 amide bonds. The fraction of sp³-hybridized carbons (Fsp3) is 0.167. The van der Waals surface area contributed by atoms with Crippen molar-refractivity contribution < 1.29 is 33.0 Å². The van der Waals surface area contributed by atoms with E-state index < -0.39 is 46.7 Å². The molecule has 1 unspecified atom stereocenters. The van der Waals surface area contributed by atoms with Gasteiger partial charge in [-0.3, -0.25) is 14.5 Å². The van der Waals surface area contributed by atoms with Crippen LogP contribution < -0.4 is 4.90 Å². The number of halogens is 2. The highest BCUT2D eigenvalue weighted by molar-refractivity contribution is 7.17. The number of hydrogen-bond donors (Lipinski definition) is 1. The number of thiazole rings is 1. The van der Waals surface area contributed by atoms with Gasteiger partial charge in [-0.05, 0) is 31.5 Å². The highest BCUT2D eigenvalue weighted by Gasteiger charge is 2.49. The van der Waals surface area contributed by atoms with Crippen LogP contribution in [0.1, 0.15) is 38.1 Å². The van der Waals surface area contributed by atoms with Crippen LogP contribution >= 0.6 is 11.3 Å². The van der Waals surface area contributed by atoms with Crippen molar-refractivity contribution in [2.24, 2.45) is 0 Å². The lowest BCUT2D eigenvalue weighted by Crippen LogP contribution is -2.29. The first kappa shape index (κ1) is 23.2. The van der Waals surface area contributed by atoms with Gasteiger partial charge in [0, 0.05) is 11.1 Å². The highest BCUT2D eigenvalue weighted by Crippen LogP contribution is 2.44. The normalized spacial score (nSPS) is 17.3. The average Bonchev–Trinajstić information content (AvgIpc) is 3.32. The molecular weight excluding hydrogens is 466 g/mol. The lowest BCUT2D eigenvalue weighted by atomic mass is 9.94. The summed E-state index contributed by atoms with van der Waals surface area (Å²) in [6, 6.07) is 7.88. The summed E-state index contributed by atoms with van der Waals surface area (Å²) in [4.78, 5) is 43.5. The van der Waals surface area contributed by atoms with E-state index in [4.69, 9.17) is 4.74 Å². The summed E-state index contributed by atoms with van der Waals surface area (Å²) < 4.78 is 33.8. The van der Waals surface area contributed by atoms with Gasteiger partial charge in [-0.15, -0.1) is 0 Å². The van der Waals surface area contributed by atoms with Crippen molar-refractivity contribution >= 4 is 39.9 Å². The average molecular weight is 484 g/mol. The quantitative estimate of drug-likeness (QED) is 0.254. The van der Waals surface area contributed by atoms with Gasteiger partial charge in [0.15, 0.2) is 5.13 Å². The molecular formula is C24H18F2N2O5S. The van der Waals surface area contributed by atoms with E-state index in [0.29, 0.717) is 5.56 Å². The number of Topliss-reactive ketones (excluding diaryl/α,β-unsaturated/α-hetero) is 1. The van der Waals surface area contributed by atoms with E-state index in [1.54, 1.807) is 0 Å². The number of ether oxygens (including phenoxy) is 1. The van der Waals surface area contributed by atoms with Gasteiger partial charge >= 0.3 is 11.9 Å². The van der Waals surface area contributed by atoms with Crippen LogP contribution in [0.2, 0.25) is 0 Å². The number of esters is 1. The van der Waals surface area contributed by atoms with Crippen LogP contribution in [0.15, 0.2) is 48.0 Å². The van der Waals surface area contributed by atoms with E-state index in [-0.39, 0.29) is 26.8 Å². The number of anilines is 1. The number of aryl methyl sites for hydroxylation is 2. The Kier molecular flexibility index (Phi) is 6.01. The maximum atomic E-state index is 14.9. The van der Waals surface area contributed by atoms with Crippen molar-refractivity contribution in [2.75, 3.05) is 12.0 Å². The Hall–Kier alpha value is -3.92. The summed E-state index contributed by atoms with van der Waals surface area (Å²) in [6.07, 6.45) is 0. The molecule has 2 heterocycles. The molecule has 1 N–H and O–H groups in total. The maximum absolute atomic E-state index is 14.9. The van der Waals surface area contributed by atoms with Crippen LogP contribution in [0.4, 0.5) is 13.9 Å². The first-order valence-electron chi connectivity index (χ1n) is 10.0. The molecule has 0 radical (unpaired) electrons. The summed E-state index contributed by atoms with van der Waals surface area (Å²) in [7, 11) is 1.19. The Morgan fingerprint density at radius 1 is 1.12 bits per heavy atom. The molecule has 10 heteroatoms. The summed E-state index contributed by atoms with van der Waals surface area (Å²) in [5.74, 6) is -4.88. The Morgan fingerprint density at radius 3 is 2.47 bits per heavy atom. The number of carbonyl (C=O) groups excluding carboxylic acids is 3. The predicted octanol–water partition coefficient (Wildman–Crippen LogP) is 4.45. The van der Waals surface area contributed by atoms with Gasteiger partial charge in [0.05, 0.1) is 18.4 Å². The minimum absolute atomic E-state index is 0.0481. The summed E-state index contributed by atoms with van der Waals surface area (Å²) >= 11 is 0.794. The second kappa shape index (κ2) is 8.79. The van der Waals surface area contributed by atoms with Crippen LogP contribution in [-0.2, 0) is 14.3 Å². The first-order chi connectivity index (χ1) is 16.1. The van der Waals surface area contributed by atoms with E-state index in [1.807, 2.05) is 0 Å². The van der Waals surface area contributed by atoms with Gasteiger partial charge in [0.25, 0.3) is 5.78 Å². The molecule has 3 aromatic rings. The number of aromatic nitrogens is 1. The molecule has 1 aliphatic heterocycles. The third kappa shape index (κ3) is 3.75. The van der Waals surface area contributed by atoms with Crippen molar-refractivity contribution in [2.45, 2.75) is 19.9 Å². The van der Waals surface area contributed by atoms with Gasteiger partial charge < -0.3 is 9.84 Å². The number of aliphatic hydroxyl groups is 1. The molecule has 4 rings (SSSR count). The van der Waals surface area contributed by atoms with Gasteiger partial charge in [0.1, 0.15) is 28.3 Å². The Balaban J connectivity index is 1.97. The Morgan fingerprint density at radius 2 is 1.82 bits per heavy atom. The van der Waals surface area contributed by atoms with Crippen LogP contribution in [0.3, 0.4) is 0 Å². The summed E-state index contributed by atoms with van der Waals surface area (Å²) in [5.41, 5.74) is 0.0139. The number of amides is 1. The largest absolute Gasteiger partial charge is 0.507 e. The fourth-order valence-corrected chi connectivity index (χ4v) is 4.70. The zero-order valence-corrected chi connectivity index (χ0v) is 19.1. The number of nitrogens with zero attached hydrogens (tertiary/aromatic N) is 2. The third-order valence-electron chi connectivity index (χ3n) is 5.45. The Bertz CT molecular complexity index is 1380. The van der Waals surface area contributed by atoms with Crippen molar-refractivity contribution in [3.8, 4) is 0 Å². The molecule has 1 aromatic heterocycles. The minimum atomic E-state index is -1.40. The number of aliphatic hydroxyl groups excluding tert-OH is 1. The molecule has 1 atom stereocenters. The van der Waals surface area contributed by atoms with Crippen molar-refractivity contribution in [3.63, 3.8) is 0 Å². The number of methoxy groups -OCH3 is 1. The number of ketones is 1. The molecule has 0 aliphatic carbocycles. The summed E-state index contributed by atoms with van der Waals surface area (Å²) in [5, 5.41) is 10.9. The molecule has 1 fully saturated rings. The van der Waals surface area contributed by atoms with Gasteiger partial charge in [-0.1, -0.05) is 41.7 Å². The molecule has 0 bridgehead atoms. The third-order valence-corrected chi connectivity index (χ3v) is 6.59. The number of hydrogen-bond acceptors (Lipinski definition) is 7. The van der Waals surface area contributed by atoms with Crippen LogP contribution in [-0.4, -0.2) is 34.9 Å². The molecule has 34 heavy (non-hydrogen) atoms. The Labute approximate surface area is 196 Å². The lowest BCUT2D eigenvalue weighted by molar-refractivity contribution is -0.132. The van der Waals surface area contributed by atoms with E-state index >= 15 is 0 Å². The maximum Gasteiger partial charge on any atom is 0.350 e. The second-order valence-corrected chi connectivity index (χ2v) is 8.53. The molecule has 7 nitrogen and oxygen atoms in total. The SMILES string of the molecule is COC(=O)c1sc(N2C(=O)C(=O)C(=C(O)c3ccc(C)c(F)c3)C2c2ccccc2F)nc1C. The van der Waals surface area contributed by atoms with Gasteiger partial charge in [-0.2, -0.15) is 0 Å². The summed E-state index contributed by atoms with van der Waals surface area (Å²) in [6.45, 7) is 3.05. The van der Waals surface area contributed by atoms with E-state index in [2.05, 4.69) is 4.98 Å². The van der Waals surface area contributed by atoms with E-state index in [0.717, 1.165) is 28.4 Å². The highest BCUT2D eigenvalue weighted by atomic mass is 32.1. The monoisotopic (exact) mass is 484 g/mol. The lowest BCUT2D eigenvalue weighted by Gasteiger charge is -2.23. The number of carbonyl (C=O) groups is 3. The number of benzene rings is 2. The smallest absolute Gasteiger partial charge is 0.350 e. The van der Waals surface area contributed by atoms with Crippen LogP contribution in [0, 0.1) is 25.5 Å². The fourth-order valence-electron chi connectivity index (χ4n) is 3.68. The van der Waals surface area contributed by atoms with Crippen molar-refractivity contribution in [1.82, 2.24) is 4.98 Å². The standard InChI is InChI=1S/C24H18F2N2O5S/c1-11-8-9-13(10-16(11)26)19(29)17-18(14-6-4-5-7-15(14)25)28(22(31)20(17)30)24-27-12(2)21(34-24)23(32)33-3/h4-10,18,29H,1-3H3. The van der Waals surface area contributed by atoms with Gasteiger partial charge in [0.2, 0.25) is 0 Å². The van der Waals surface area contributed by atoms with E-state index in [9.17, 15) is 28.3 Å². The zero-order chi connectivity index (χ0) is 24.7. The van der Waals surface area contributed by atoms with Crippen LogP contribution in [0.25, 0.3) is 5.76 Å². The van der Waals surface area contributed by atoms with Gasteiger partial charge in [-0.25, -0.2) is 18.6 Å². The molecule has 174 valence electrons. The van der Waals surface area contributed by atoms with Crippen molar-refractivity contribution in [1.29, 1.82) is 0 Å². The second-order valence-electron chi connectivity index (χ2n) is 7.56. The predicted molar refractivity (Wildman–Crippen MR) is 121 cm³/mol. The van der Waals surface area contributed by atoms with E-state index in [1.165, 1.54) is 51.3 Å². The molecule has 2 aromatic carbocycles. The topological polar surface area (TPSA) is 96.8 Å². The van der Waals surface area contributed by atoms with Crippen LogP contribution in [0.5, 0.6) is 0 Å². The first-order valence-corrected chi connectivity index (χ1v) is 10.8. The van der Waals surface area contributed by atoms with Crippen molar-refractivity contribution in [3.05, 3.63) is 86.9 Å². The zero-order valence-electron chi connectivity index (χ0n) is 18.3.